The Balaban J connectivity index is 2.14. The molecule has 0 spiro atoms. The van der Waals surface area contributed by atoms with Gasteiger partial charge in [-0.3, -0.25) is 10.1 Å². The fraction of sp³-hybridized carbons (Fsp3) is 0.625. The number of benzene rings is 1. The van der Waals surface area contributed by atoms with Gasteiger partial charge in [0.1, 0.15) is 0 Å². The van der Waals surface area contributed by atoms with Gasteiger partial charge in [0.15, 0.2) is 0 Å². The van der Waals surface area contributed by atoms with E-state index in [2.05, 4.69) is 28.2 Å². The van der Waals surface area contributed by atoms with Crippen molar-refractivity contribution in [3.63, 3.8) is 0 Å². The monoisotopic (exact) mass is 356 g/mol. The molecule has 1 N–H and O–H groups in total. The third kappa shape index (κ3) is 7.46. The first kappa shape index (κ1) is 18.0. The van der Waals surface area contributed by atoms with E-state index in [1.165, 1.54) is 57.1 Å². The lowest BCUT2D eigenvalue weighted by molar-refractivity contribution is -0.384. The molecule has 0 saturated heterocycles. The largest absolute Gasteiger partial charge is 0.384 e. The van der Waals surface area contributed by atoms with Gasteiger partial charge < -0.3 is 5.32 Å². The number of hydrogen-bond acceptors (Lipinski definition) is 3. The lowest BCUT2D eigenvalue weighted by Crippen LogP contribution is -2.02. The minimum atomic E-state index is -0.382. The van der Waals surface area contributed by atoms with Gasteiger partial charge in [-0.2, -0.15) is 0 Å². The van der Waals surface area contributed by atoms with Crippen LogP contribution < -0.4 is 5.32 Å². The normalized spacial score (nSPS) is 10.6. The molecule has 0 heterocycles. The van der Waals surface area contributed by atoms with Crippen molar-refractivity contribution in [2.45, 2.75) is 58.3 Å². The van der Waals surface area contributed by atoms with Crippen LogP contribution in [0.2, 0.25) is 0 Å². The van der Waals surface area contributed by atoms with Crippen LogP contribution in [0.25, 0.3) is 0 Å². The molecule has 0 amide bonds. The molecule has 1 aromatic rings. The molecule has 0 unspecified atom stereocenters. The third-order valence-corrected chi connectivity index (χ3v) is 4.17. The summed E-state index contributed by atoms with van der Waals surface area (Å²) in [5, 5.41) is 14.0. The van der Waals surface area contributed by atoms with Gasteiger partial charge in [0, 0.05) is 28.8 Å². The molecule has 1 aromatic carbocycles. The Bertz CT molecular complexity index is 438. The molecular weight excluding hydrogens is 332 g/mol. The zero-order valence-corrected chi connectivity index (χ0v) is 14.3. The van der Waals surface area contributed by atoms with Crippen molar-refractivity contribution < 1.29 is 4.92 Å². The van der Waals surface area contributed by atoms with Crippen molar-refractivity contribution in [1.82, 2.24) is 0 Å². The fourth-order valence-corrected chi connectivity index (χ4v) is 2.75. The van der Waals surface area contributed by atoms with E-state index >= 15 is 0 Å². The Kier molecular flexibility index (Phi) is 9.06. The Morgan fingerprint density at radius 2 is 1.71 bits per heavy atom. The topological polar surface area (TPSA) is 55.2 Å². The lowest BCUT2D eigenvalue weighted by atomic mass is 10.1. The van der Waals surface area contributed by atoms with Crippen molar-refractivity contribution in [2.75, 3.05) is 11.9 Å². The number of nitro groups is 1. The molecule has 0 aliphatic rings. The first-order valence-electron chi connectivity index (χ1n) is 7.83. The van der Waals surface area contributed by atoms with Crippen LogP contribution in [-0.4, -0.2) is 11.5 Å². The van der Waals surface area contributed by atoms with Crippen LogP contribution in [0.15, 0.2) is 22.7 Å². The van der Waals surface area contributed by atoms with E-state index < -0.39 is 0 Å². The number of unbranched alkanes of at least 4 members (excludes halogenated alkanes) is 7. The molecule has 0 radical (unpaired) electrons. The van der Waals surface area contributed by atoms with E-state index in [0.717, 1.165) is 23.1 Å². The second-order valence-electron chi connectivity index (χ2n) is 5.32. The third-order valence-electron chi connectivity index (χ3n) is 3.51. The summed E-state index contributed by atoms with van der Waals surface area (Å²) in [6, 6.07) is 4.82. The SMILES string of the molecule is CCCCCCCCCCNc1ccc([N+](=O)[O-])cc1Br. The van der Waals surface area contributed by atoms with Crippen molar-refractivity contribution in [2.24, 2.45) is 0 Å². The highest BCUT2D eigenvalue weighted by atomic mass is 79.9. The van der Waals surface area contributed by atoms with Crippen LogP contribution in [0.3, 0.4) is 0 Å². The highest BCUT2D eigenvalue weighted by molar-refractivity contribution is 9.10. The summed E-state index contributed by atoms with van der Waals surface area (Å²) in [6.07, 6.45) is 10.4. The number of rotatable bonds is 11. The first-order valence-corrected chi connectivity index (χ1v) is 8.62. The summed E-state index contributed by atoms with van der Waals surface area (Å²) < 4.78 is 0.747. The van der Waals surface area contributed by atoms with Crippen molar-refractivity contribution in [1.29, 1.82) is 0 Å². The minimum absolute atomic E-state index is 0.111. The second kappa shape index (κ2) is 10.6. The Labute approximate surface area is 135 Å². The molecule has 4 nitrogen and oxygen atoms in total. The van der Waals surface area contributed by atoms with Crippen molar-refractivity contribution in [3.05, 3.63) is 32.8 Å². The van der Waals surface area contributed by atoms with Gasteiger partial charge in [-0.15, -0.1) is 0 Å². The van der Waals surface area contributed by atoms with Gasteiger partial charge in [-0.25, -0.2) is 0 Å². The van der Waals surface area contributed by atoms with Crippen LogP contribution in [0.4, 0.5) is 11.4 Å². The van der Waals surface area contributed by atoms with E-state index in [1.54, 1.807) is 6.07 Å². The molecule has 0 atom stereocenters. The first-order chi connectivity index (χ1) is 10.1. The Hall–Kier alpha value is -1.10. The van der Waals surface area contributed by atoms with Crippen LogP contribution in [0, 0.1) is 10.1 Å². The fourth-order valence-electron chi connectivity index (χ4n) is 2.24. The minimum Gasteiger partial charge on any atom is -0.384 e. The highest BCUT2D eigenvalue weighted by Crippen LogP contribution is 2.27. The van der Waals surface area contributed by atoms with E-state index in [-0.39, 0.29) is 10.6 Å². The number of nitrogens with one attached hydrogen (secondary N) is 1. The van der Waals surface area contributed by atoms with E-state index in [0.29, 0.717) is 0 Å². The summed E-state index contributed by atoms with van der Waals surface area (Å²) in [6.45, 7) is 3.15. The number of nitro benzene ring substituents is 1. The maximum atomic E-state index is 10.7. The van der Waals surface area contributed by atoms with Crippen LogP contribution >= 0.6 is 15.9 Å². The maximum Gasteiger partial charge on any atom is 0.270 e. The summed E-state index contributed by atoms with van der Waals surface area (Å²) in [5.41, 5.74) is 1.03. The quantitative estimate of drug-likeness (QED) is 0.304. The Morgan fingerprint density at radius 3 is 2.29 bits per heavy atom. The maximum absolute atomic E-state index is 10.7. The van der Waals surface area contributed by atoms with E-state index in [9.17, 15) is 10.1 Å². The van der Waals surface area contributed by atoms with Gasteiger partial charge in [0.2, 0.25) is 0 Å². The second-order valence-corrected chi connectivity index (χ2v) is 6.18. The van der Waals surface area contributed by atoms with Gasteiger partial charge in [-0.1, -0.05) is 51.9 Å². The van der Waals surface area contributed by atoms with Gasteiger partial charge in [-0.05, 0) is 28.4 Å². The summed E-state index contributed by atoms with van der Waals surface area (Å²) >= 11 is 3.37. The van der Waals surface area contributed by atoms with E-state index in [4.69, 9.17) is 0 Å². The van der Waals surface area contributed by atoms with Crippen molar-refractivity contribution in [3.8, 4) is 0 Å². The lowest BCUT2D eigenvalue weighted by Gasteiger charge is -2.08. The van der Waals surface area contributed by atoms with Crippen LogP contribution in [0.5, 0.6) is 0 Å². The summed E-state index contributed by atoms with van der Waals surface area (Å²) in [7, 11) is 0. The number of anilines is 1. The van der Waals surface area contributed by atoms with Gasteiger partial charge >= 0.3 is 0 Å². The molecule has 0 saturated carbocycles. The molecule has 21 heavy (non-hydrogen) atoms. The van der Waals surface area contributed by atoms with Gasteiger partial charge in [0.25, 0.3) is 5.69 Å². The smallest absolute Gasteiger partial charge is 0.270 e. The molecule has 0 fully saturated rings. The molecule has 118 valence electrons. The average Bonchev–Trinajstić information content (AvgIpc) is 2.46. The summed E-state index contributed by atoms with van der Waals surface area (Å²) in [5.74, 6) is 0. The predicted octanol–water partition coefficient (Wildman–Crippen LogP) is 5.91. The molecule has 5 heteroatoms. The van der Waals surface area contributed by atoms with Crippen LogP contribution in [0.1, 0.15) is 58.3 Å². The number of nitrogens with zero attached hydrogens (tertiary/aromatic N) is 1. The highest BCUT2D eigenvalue weighted by Gasteiger charge is 2.08. The number of non-ortho nitro benzene ring substituents is 1. The standard InChI is InChI=1S/C16H25BrN2O2/c1-2-3-4-5-6-7-8-9-12-18-16-11-10-14(19(20)21)13-15(16)17/h10-11,13,18H,2-9,12H2,1H3. The van der Waals surface area contributed by atoms with Crippen molar-refractivity contribution >= 4 is 27.3 Å². The summed E-state index contributed by atoms with van der Waals surface area (Å²) in [4.78, 5) is 10.3. The molecule has 0 aliphatic heterocycles. The molecule has 0 aromatic heterocycles. The van der Waals surface area contributed by atoms with E-state index in [1.807, 2.05) is 0 Å². The predicted molar refractivity (Wildman–Crippen MR) is 91.9 cm³/mol. The van der Waals surface area contributed by atoms with Gasteiger partial charge in [0.05, 0.1) is 4.92 Å². The van der Waals surface area contributed by atoms with Crippen LogP contribution in [-0.2, 0) is 0 Å². The molecule has 0 aliphatic carbocycles. The zero-order chi connectivity index (χ0) is 15.5. The Morgan fingerprint density at radius 1 is 1.10 bits per heavy atom. The molecular formula is C16H25BrN2O2. The zero-order valence-electron chi connectivity index (χ0n) is 12.7. The molecule has 1 rings (SSSR count). The number of hydrogen-bond donors (Lipinski definition) is 1. The average molecular weight is 357 g/mol. The molecule has 0 bridgehead atoms. The number of halogens is 1.